The fourth-order valence-corrected chi connectivity index (χ4v) is 3.05. The van der Waals surface area contributed by atoms with Gasteiger partial charge in [-0.2, -0.15) is 0 Å². The van der Waals surface area contributed by atoms with Crippen molar-refractivity contribution in [2.24, 2.45) is 9.98 Å². The Bertz CT molecular complexity index is 762. The van der Waals surface area contributed by atoms with Gasteiger partial charge in [0.25, 0.3) is 0 Å². The molecule has 7 heteroatoms. The number of aliphatic imine (C=N–C) groups is 2. The first-order valence-corrected chi connectivity index (χ1v) is 9.29. The lowest BCUT2D eigenvalue weighted by Crippen LogP contribution is -2.23. The van der Waals surface area contributed by atoms with Crippen molar-refractivity contribution >= 4 is 40.7 Å². The summed E-state index contributed by atoms with van der Waals surface area (Å²) in [5.74, 6) is 1.85. The van der Waals surface area contributed by atoms with Crippen molar-refractivity contribution in [3.8, 4) is 0 Å². The van der Waals surface area contributed by atoms with Gasteiger partial charge in [-0.25, -0.2) is 4.99 Å². The second-order valence-corrected chi connectivity index (χ2v) is 6.62. The summed E-state index contributed by atoms with van der Waals surface area (Å²) in [6, 6.07) is 15.7. The second kappa shape index (κ2) is 9.46. The molecule has 0 unspecified atom stereocenters. The van der Waals surface area contributed by atoms with E-state index in [1.807, 2.05) is 6.07 Å². The molecule has 4 rings (SSSR count). The second-order valence-electron chi connectivity index (χ2n) is 5.80. The summed E-state index contributed by atoms with van der Waals surface area (Å²) in [4.78, 5) is 8.62. The molecule has 1 saturated heterocycles. The van der Waals surface area contributed by atoms with Gasteiger partial charge in [0.2, 0.25) is 0 Å². The van der Waals surface area contributed by atoms with E-state index in [0.717, 1.165) is 44.4 Å². The molecule has 5 nitrogen and oxygen atoms in total. The summed E-state index contributed by atoms with van der Waals surface area (Å²) < 4.78 is 0. The number of halogens is 2. The summed E-state index contributed by atoms with van der Waals surface area (Å²) in [6.45, 7) is 3.69. The van der Waals surface area contributed by atoms with Crippen LogP contribution in [0.3, 0.4) is 0 Å². The van der Waals surface area contributed by atoms with Crippen molar-refractivity contribution in [1.82, 2.24) is 16.0 Å². The molecule has 1 fully saturated rings. The van der Waals surface area contributed by atoms with Crippen LogP contribution in [0.4, 0.5) is 5.69 Å². The van der Waals surface area contributed by atoms with E-state index in [0.29, 0.717) is 15.7 Å². The van der Waals surface area contributed by atoms with Crippen LogP contribution in [0.2, 0.25) is 10.0 Å². The van der Waals surface area contributed by atoms with Crippen LogP contribution in [0.5, 0.6) is 0 Å². The molecule has 0 amide bonds. The molecule has 0 spiro atoms. The molecular weight excluding hydrogens is 369 g/mol. The smallest absolute Gasteiger partial charge is 0.196 e. The van der Waals surface area contributed by atoms with Crippen LogP contribution in [0.25, 0.3) is 0 Å². The SMILES string of the molecule is Clc1cccc(Cl)c1N=C1NCCN1.c1ccc(CC2=NCCN2)cc1. The van der Waals surface area contributed by atoms with Crippen molar-refractivity contribution in [3.05, 3.63) is 64.1 Å². The van der Waals surface area contributed by atoms with Crippen LogP contribution in [-0.2, 0) is 6.42 Å². The normalized spacial score (nSPS) is 15.2. The van der Waals surface area contributed by atoms with Gasteiger partial charge in [0, 0.05) is 26.1 Å². The van der Waals surface area contributed by atoms with Gasteiger partial charge in [0.1, 0.15) is 11.5 Å². The molecule has 2 aromatic carbocycles. The number of guanidine groups is 1. The molecule has 0 radical (unpaired) electrons. The van der Waals surface area contributed by atoms with Crippen LogP contribution >= 0.6 is 23.2 Å². The Morgan fingerprint density at radius 3 is 2.15 bits per heavy atom. The average Bonchev–Trinajstić information content (AvgIpc) is 3.34. The van der Waals surface area contributed by atoms with Crippen LogP contribution in [0, 0.1) is 0 Å². The van der Waals surface area contributed by atoms with Crippen molar-refractivity contribution in [3.63, 3.8) is 0 Å². The predicted molar refractivity (Wildman–Crippen MR) is 110 cm³/mol. The first kappa shape index (κ1) is 18.5. The molecule has 26 heavy (non-hydrogen) atoms. The first-order chi connectivity index (χ1) is 12.7. The minimum atomic E-state index is 0.556. The van der Waals surface area contributed by atoms with Crippen LogP contribution < -0.4 is 16.0 Å². The van der Waals surface area contributed by atoms with Gasteiger partial charge in [-0.3, -0.25) is 4.99 Å². The van der Waals surface area contributed by atoms with Gasteiger partial charge < -0.3 is 16.0 Å². The van der Waals surface area contributed by atoms with E-state index in [-0.39, 0.29) is 0 Å². The molecule has 0 saturated carbocycles. The number of para-hydroxylation sites is 1. The fraction of sp³-hybridized carbons (Fsp3) is 0.263. The van der Waals surface area contributed by atoms with Gasteiger partial charge in [-0.1, -0.05) is 59.6 Å². The topological polar surface area (TPSA) is 60.8 Å². The number of nitrogens with one attached hydrogen (secondary N) is 3. The molecule has 0 aromatic heterocycles. The predicted octanol–water partition coefficient (Wildman–Crippen LogP) is 3.40. The molecule has 2 aliphatic rings. The zero-order valence-corrected chi connectivity index (χ0v) is 15.8. The van der Waals surface area contributed by atoms with E-state index >= 15 is 0 Å². The molecule has 2 aromatic rings. The van der Waals surface area contributed by atoms with Gasteiger partial charge in [-0.05, 0) is 17.7 Å². The third-order valence-electron chi connectivity index (χ3n) is 3.83. The molecule has 0 bridgehead atoms. The number of benzene rings is 2. The maximum absolute atomic E-state index is 5.96. The Morgan fingerprint density at radius 2 is 1.54 bits per heavy atom. The Kier molecular flexibility index (Phi) is 6.75. The third kappa shape index (κ3) is 5.38. The Hall–Kier alpha value is -2.24. The number of amidine groups is 1. The van der Waals surface area contributed by atoms with Crippen molar-refractivity contribution < 1.29 is 0 Å². The number of rotatable bonds is 3. The number of hydrogen-bond acceptors (Lipinski definition) is 3. The Balaban J connectivity index is 0.000000152. The zero-order chi connectivity index (χ0) is 18.2. The van der Waals surface area contributed by atoms with E-state index in [1.54, 1.807) is 18.2 Å². The number of nitrogens with zero attached hydrogens (tertiary/aromatic N) is 2. The molecule has 2 aliphatic heterocycles. The van der Waals surface area contributed by atoms with Crippen LogP contribution in [0.15, 0.2) is 58.5 Å². The highest BCUT2D eigenvalue weighted by atomic mass is 35.5. The van der Waals surface area contributed by atoms with E-state index in [9.17, 15) is 0 Å². The minimum absolute atomic E-state index is 0.556. The van der Waals surface area contributed by atoms with Crippen LogP contribution in [-0.4, -0.2) is 38.0 Å². The lowest BCUT2D eigenvalue weighted by atomic mass is 10.1. The lowest BCUT2D eigenvalue weighted by Gasteiger charge is -2.02. The van der Waals surface area contributed by atoms with E-state index in [1.165, 1.54) is 5.56 Å². The summed E-state index contributed by atoms with van der Waals surface area (Å²) in [6.07, 6.45) is 0.945. The lowest BCUT2D eigenvalue weighted by molar-refractivity contribution is 0.942. The van der Waals surface area contributed by atoms with Gasteiger partial charge >= 0.3 is 0 Å². The largest absolute Gasteiger partial charge is 0.372 e. The Labute approximate surface area is 163 Å². The van der Waals surface area contributed by atoms with Crippen molar-refractivity contribution in [2.45, 2.75) is 6.42 Å². The zero-order valence-electron chi connectivity index (χ0n) is 14.3. The quantitative estimate of drug-likeness (QED) is 0.753. The summed E-state index contributed by atoms with van der Waals surface area (Å²) in [5.41, 5.74) is 1.93. The molecule has 2 heterocycles. The first-order valence-electron chi connectivity index (χ1n) is 8.54. The Morgan fingerprint density at radius 1 is 0.846 bits per heavy atom. The maximum Gasteiger partial charge on any atom is 0.196 e. The van der Waals surface area contributed by atoms with Gasteiger partial charge in [0.05, 0.1) is 16.6 Å². The van der Waals surface area contributed by atoms with E-state index in [2.05, 4.69) is 50.2 Å². The highest BCUT2D eigenvalue weighted by Crippen LogP contribution is 2.32. The van der Waals surface area contributed by atoms with Gasteiger partial charge in [0.15, 0.2) is 5.96 Å². The number of hydrogen-bond donors (Lipinski definition) is 3. The minimum Gasteiger partial charge on any atom is -0.372 e. The summed E-state index contributed by atoms with van der Waals surface area (Å²) >= 11 is 11.9. The highest BCUT2D eigenvalue weighted by Gasteiger charge is 2.09. The average molecular weight is 390 g/mol. The summed E-state index contributed by atoms with van der Waals surface area (Å²) in [5, 5.41) is 10.5. The fourth-order valence-electron chi connectivity index (χ4n) is 2.57. The molecule has 3 N–H and O–H groups in total. The monoisotopic (exact) mass is 389 g/mol. The van der Waals surface area contributed by atoms with Crippen LogP contribution in [0.1, 0.15) is 5.56 Å². The summed E-state index contributed by atoms with van der Waals surface area (Å²) in [7, 11) is 0. The van der Waals surface area contributed by atoms with E-state index in [4.69, 9.17) is 23.2 Å². The standard InChI is InChI=1S/C10H12N2.C9H9Cl2N3/c1-2-4-9(5-3-1)8-10-11-6-7-12-10;10-6-2-1-3-7(11)8(6)14-9-12-4-5-13-9/h1-5H,6-8H2,(H,11,12);1-3H,4-5H2,(H2,12,13,14). The molecule has 136 valence electrons. The maximum atomic E-state index is 5.96. The molecule has 0 atom stereocenters. The van der Waals surface area contributed by atoms with Crippen molar-refractivity contribution in [2.75, 3.05) is 26.2 Å². The van der Waals surface area contributed by atoms with Crippen molar-refractivity contribution in [1.29, 1.82) is 0 Å². The third-order valence-corrected chi connectivity index (χ3v) is 4.44. The molecular formula is C19H21Cl2N5. The highest BCUT2D eigenvalue weighted by molar-refractivity contribution is 6.38. The van der Waals surface area contributed by atoms with Gasteiger partial charge in [-0.15, -0.1) is 0 Å². The van der Waals surface area contributed by atoms with E-state index < -0.39 is 0 Å². The molecule has 0 aliphatic carbocycles.